The Kier molecular flexibility index (Phi) is 5.11. The molecule has 0 spiro atoms. The lowest BCUT2D eigenvalue weighted by atomic mass is 10.0. The van der Waals surface area contributed by atoms with E-state index in [1.165, 1.54) is 0 Å². The van der Waals surface area contributed by atoms with E-state index >= 15 is 0 Å². The molecule has 1 aromatic heterocycles. The smallest absolute Gasteiger partial charge is 0.322 e. The van der Waals surface area contributed by atoms with Crippen molar-refractivity contribution in [1.82, 2.24) is 9.88 Å². The molecule has 5 nitrogen and oxygen atoms in total. The Bertz CT molecular complexity index is 655. The Hall–Kier alpha value is -2.40. The van der Waals surface area contributed by atoms with E-state index in [-0.39, 0.29) is 6.03 Å². The quantitative estimate of drug-likeness (QED) is 0.885. The molecule has 2 N–H and O–H groups in total. The van der Waals surface area contributed by atoms with Gasteiger partial charge in [-0.2, -0.15) is 0 Å². The summed E-state index contributed by atoms with van der Waals surface area (Å²) in [5, 5.41) is 13.6. The summed E-state index contributed by atoms with van der Waals surface area (Å²) in [6.45, 7) is 0.818. The van der Waals surface area contributed by atoms with Gasteiger partial charge >= 0.3 is 6.03 Å². The minimum atomic E-state index is -0.773. The van der Waals surface area contributed by atoms with Crippen molar-refractivity contribution in [2.45, 2.75) is 37.8 Å². The number of pyridine rings is 1. The van der Waals surface area contributed by atoms with Gasteiger partial charge in [0.15, 0.2) is 0 Å². The third-order valence-electron chi connectivity index (χ3n) is 4.45. The normalized spacial score (nSPS) is 15.9. The first-order valence-electron chi connectivity index (χ1n) is 8.37. The molecule has 0 bridgehead atoms. The van der Waals surface area contributed by atoms with Crippen molar-refractivity contribution in [2.75, 3.05) is 11.9 Å². The highest BCUT2D eigenvalue weighted by Gasteiger charge is 2.34. The zero-order valence-electron chi connectivity index (χ0n) is 13.7. The molecule has 1 aliphatic carbocycles. The van der Waals surface area contributed by atoms with Crippen molar-refractivity contribution in [3.8, 4) is 0 Å². The SMILES string of the molecule is O=C(Nc1ccncc1)N(Cc1ccccc1)CC1(O)CCCC1. The maximum Gasteiger partial charge on any atom is 0.322 e. The van der Waals surface area contributed by atoms with E-state index < -0.39 is 5.60 Å². The van der Waals surface area contributed by atoms with Gasteiger partial charge in [0.25, 0.3) is 0 Å². The Morgan fingerprint density at radius 3 is 2.46 bits per heavy atom. The largest absolute Gasteiger partial charge is 0.388 e. The van der Waals surface area contributed by atoms with E-state index in [0.717, 1.165) is 31.2 Å². The van der Waals surface area contributed by atoms with Crippen LogP contribution >= 0.6 is 0 Å². The minimum Gasteiger partial charge on any atom is -0.388 e. The summed E-state index contributed by atoms with van der Waals surface area (Å²) in [7, 11) is 0. The summed E-state index contributed by atoms with van der Waals surface area (Å²) < 4.78 is 0. The van der Waals surface area contributed by atoms with Gasteiger partial charge < -0.3 is 15.3 Å². The number of aliphatic hydroxyl groups is 1. The Labute approximate surface area is 142 Å². The molecule has 1 aliphatic rings. The summed E-state index contributed by atoms with van der Waals surface area (Å²) in [5.41, 5.74) is 0.972. The van der Waals surface area contributed by atoms with Crippen LogP contribution < -0.4 is 5.32 Å². The van der Waals surface area contributed by atoms with E-state index in [2.05, 4.69) is 10.3 Å². The van der Waals surface area contributed by atoms with Crippen LogP contribution in [0, 0.1) is 0 Å². The lowest BCUT2D eigenvalue weighted by molar-refractivity contribution is 0.0192. The number of urea groups is 1. The molecule has 0 radical (unpaired) electrons. The second-order valence-corrected chi connectivity index (χ2v) is 6.44. The van der Waals surface area contributed by atoms with Crippen LogP contribution in [0.4, 0.5) is 10.5 Å². The minimum absolute atomic E-state index is 0.203. The molecule has 3 rings (SSSR count). The lowest BCUT2D eigenvalue weighted by Crippen LogP contribution is -2.45. The maximum absolute atomic E-state index is 12.7. The summed E-state index contributed by atoms with van der Waals surface area (Å²) >= 11 is 0. The van der Waals surface area contributed by atoms with Crippen LogP contribution in [0.3, 0.4) is 0 Å². The van der Waals surface area contributed by atoms with Crippen LogP contribution in [-0.4, -0.2) is 33.2 Å². The van der Waals surface area contributed by atoms with Crippen LogP contribution in [0.1, 0.15) is 31.2 Å². The number of rotatable bonds is 5. The second kappa shape index (κ2) is 7.45. The zero-order chi connectivity index (χ0) is 16.8. The van der Waals surface area contributed by atoms with Gasteiger partial charge in [-0.25, -0.2) is 4.79 Å². The molecule has 1 aromatic carbocycles. The first-order chi connectivity index (χ1) is 11.6. The summed E-state index contributed by atoms with van der Waals surface area (Å²) in [6, 6.07) is 13.2. The van der Waals surface area contributed by atoms with Crippen molar-refractivity contribution < 1.29 is 9.90 Å². The molecule has 24 heavy (non-hydrogen) atoms. The summed E-state index contributed by atoms with van der Waals surface area (Å²) in [4.78, 5) is 18.4. The Balaban J connectivity index is 1.74. The number of carbonyl (C=O) groups is 1. The van der Waals surface area contributed by atoms with E-state index in [1.54, 1.807) is 29.4 Å². The molecule has 0 aliphatic heterocycles. The predicted octanol–water partition coefficient (Wildman–Crippen LogP) is 3.42. The maximum atomic E-state index is 12.7. The average molecular weight is 325 g/mol. The average Bonchev–Trinajstić information content (AvgIpc) is 3.02. The van der Waals surface area contributed by atoms with Crippen molar-refractivity contribution in [1.29, 1.82) is 0 Å². The van der Waals surface area contributed by atoms with Gasteiger partial charge in [0.1, 0.15) is 0 Å². The lowest BCUT2D eigenvalue weighted by Gasteiger charge is -2.31. The number of nitrogens with zero attached hydrogens (tertiary/aromatic N) is 2. The number of aromatic nitrogens is 1. The number of hydrogen-bond acceptors (Lipinski definition) is 3. The van der Waals surface area contributed by atoms with Gasteiger partial charge in [0.2, 0.25) is 0 Å². The highest BCUT2D eigenvalue weighted by molar-refractivity contribution is 5.89. The highest BCUT2D eigenvalue weighted by atomic mass is 16.3. The van der Waals surface area contributed by atoms with E-state index in [9.17, 15) is 9.90 Å². The van der Waals surface area contributed by atoms with E-state index in [0.29, 0.717) is 18.8 Å². The van der Waals surface area contributed by atoms with Gasteiger partial charge in [0.05, 0.1) is 12.1 Å². The molecule has 2 aromatic rings. The molecule has 1 heterocycles. The molecule has 0 atom stereocenters. The number of amides is 2. The van der Waals surface area contributed by atoms with Crippen LogP contribution in [0.2, 0.25) is 0 Å². The standard InChI is InChI=1S/C19H23N3O2/c23-18(21-17-8-12-20-13-9-17)22(14-16-6-2-1-3-7-16)15-19(24)10-4-5-11-19/h1-3,6-9,12-13,24H,4-5,10-11,14-15H2,(H,20,21,23). The van der Waals surface area contributed by atoms with Crippen LogP contribution in [-0.2, 0) is 6.54 Å². The van der Waals surface area contributed by atoms with Crippen molar-refractivity contribution >= 4 is 11.7 Å². The van der Waals surface area contributed by atoms with Crippen molar-refractivity contribution in [3.05, 3.63) is 60.4 Å². The molecular formula is C19H23N3O2. The summed E-state index contributed by atoms with van der Waals surface area (Å²) in [6.07, 6.45) is 6.81. The molecular weight excluding hydrogens is 302 g/mol. The van der Waals surface area contributed by atoms with Crippen LogP contribution in [0.5, 0.6) is 0 Å². The number of hydrogen-bond donors (Lipinski definition) is 2. The third kappa shape index (κ3) is 4.32. The van der Waals surface area contributed by atoms with Crippen LogP contribution in [0.15, 0.2) is 54.9 Å². The first kappa shape index (κ1) is 16.5. The molecule has 5 heteroatoms. The highest BCUT2D eigenvalue weighted by Crippen LogP contribution is 2.30. The number of anilines is 1. The van der Waals surface area contributed by atoms with Crippen molar-refractivity contribution in [2.24, 2.45) is 0 Å². The third-order valence-corrected chi connectivity index (χ3v) is 4.45. The second-order valence-electron chi connectivity index (χ2n) is 6.44. The topological polar surface area (TPSA) is 65.5 Å². The monoisotopic (exact) mass is 325 g/mol. The van der Waals surface area contributed by atoms with E-state index in [1.807, 2.05) is 30.3 Å². The molecule has 1 saturated carbocycles. The number of carbonyl (C=O) groups excluding carboxylic acids is 1. The zero-order valence-corrected chi connectivity index (χ0v) is 13.7. The van der Waals surface area contributed by atoms with Gasteiger partial charge in [-0.3, -0.25) is 4.98 Å². The molecule has 0 saturated heterocycles. The summed E-state index contributed by atoms with van der Waals surface area (Å²) in [5.74, 6) is 0. The fourth-order valence-corrected chi connectivity index (χ4v) is 3.19. The fraction of sp³-hybridized carbons (Fsp3) is 0.368. The van der Waals surface area contributed by atoms with Gasteiger partial charge in [-0.15, -0.1) is 0 Å². The number of benzene rings is 1. The van der Waals surface area contributed by atoms with Gasteiger partial charge in [0, 0.05) is 24.6 Å². The van der Waals surface area contributed by atoms with Gasteiger partial charge in [-0.1, -0.05) is 43.2 Å². The fourth-order valence-electron chi connectivity index (χ4n) is 3.19. The predicted molar refractivity (Wildman–Crippen MR) is 93.5 cm³/mol. The Morgan fingerprint density at radius 1 is 1.12 bits per heavy atom. The molecule has 126 valence electrons. The van der Waals surface area contributed by atoms with E-state index in [4.69, 9.17) is 0 Å². The number of nitrogens with one attached hydrogen (secondary N) is 1. The van der Waals surface area contributed by atoms with Crippen molar-refractivity contribution in [3.63, 3.8) is 0 Å². The first-order valence-corrected chi connectivity index (χ1v) is 8.37. The molecule has 0 unspecified atom stereocenters. The van der Waals surface area contributed by atoms with Crippen LogP contribution in [0.25, 0.3) is 0 Å². The molecule has 1 fully saturated rings. The molecule has 2 amide bonds. The van der Waals surface area contributed by atoms with Gasteiger partial charge in [-0.05, 0) is 30.5 Å². The Morgan fingerprint density at radius 2 is 1.79 bits per heavy atom.